The highest BCUT2D eigenvalue weighted by molar-refractivity contribution is 6.31. The topological polar surface area (TPSA) is 46.6 Å². The summed E-state index contributed by atoms with van der Waals surface area (Å²) in [4.78, 5) is 27.3. The number of benzene rings is 1. The second-order valence-corrected chi connectivity index (χ2v) is 13.0. The molecule has 4 saturated carbocycles. The quantitative estimate of drug-likeness (QED) is 0.424. The Morgan fingerprint density at radius 2 is 1.83 bits per heavy atom. The van der Waals surface area contributed by atoms with E-state index in [4.69, 9.17) is 16.3 Å². The van der Waals surface area contributed by atoms with Gasteiger partial charge in [-0.25, -0.2) is 8.78 Å². The number of esters is 1. The lowest BCUT2D eigenvalue weighted by molar-refractivity contribution is -0.226. The van der Waals surface area contributed by atoms with Crippen LogP contribution in [0.1, 0.15) is 83.3 Å². The minimum Gasteiger partial charge on any atom is -0.469 e. The lowest BCUT2D eigenvalue weighted by Gasteiger charge is -2.72. The highest BCUT2D eigenvalue weighted by Gasteiger charge is 2.75. The van der Waals surface area contributed by atoms with Gasteiger partial charge >= 0.3 is 5.97 Å². The molecule has 0 saturated heterocycles. The van der Waals surface area contributed by atoms with Crippen molar-refractivity contribution in [2.24, 2.45) is 10.8 Å². The third kappa shape index (κ3) is 3.91. The second-order valence-electron chi connectivity index (χ2n) is 12.6. The number of rotatable bonds is 5. The maximum absolute atomic E-state index is 14.6. The molecule has 2 bridgehead atoms. The molecule has 1 atom stereocenters. The number of hydrogen-bond acceptors (Lipinski definition) is 3. The van der Waals surface area contributed by atoms with Gasteiger partial charge in [-0.3, -0.25) is 9.59 Å². The Kier molecular flexibility index (Phi) is 5.49. The Labute approximate surface area is 211 Å². The predicted octanol–water partition coefficient (Wildman–Crippen LogP) is 6.59. The first-order valence-electron chi connectivity index (χ1n) is 12.5. The molecule has 35 heavy (non-hydrogen) atoms. The van der Waals surface area contributed by atoms with Gasteiger partial charge in [0.15, 0.2) is 0 Å². The maximum atomic E-state index is 14.6. The van der Waals surface area contributed by atoms with Crippen molar-refractivity contribution >= 4 is 23.5 Å². The minimum absolute atomic E-state index is 0.0648. The largest absolute Gasteiger partial charge is 0.469 e. The van der Waals surface area contributed by atoms with Crippen LogP contribution >= 0.6 is 11.6 Å². The van der Waals surface area contributed by atoms with E-state index in [-0.39, 0.29) is 43.0 Å². The van der Waals surface area contributed by atoms with Crippen molar-refractivity contribution in [3.05, 3.63) is 46.1 Å². The number of carbonyl (C=O) groups excluding carboxylic acids is 2. The summed E-state index contributed by atoms with van der Waals surface area (Å²) in [6.07, 6.45) is 4.89. The Balaban J connectivity index is 1.46. The molecular formula is C28H34ClF2NO3. The molecule has 190 valence electrons. The van der Waals surface area contributed by atoms with E-state index in [1.54, 1.807) is 11.1 Å². The molecule has 1 heterocycles. The predicted molar refractivity (Wildman–Crippen MR) is 130 cm³/mol. The molecule has 1 aromatic carbocycles. The van der Waals surface area contributed by atoms with Gasteiger partial charge in [0, 0.05) is 35.9 Å². The van der Waals surface area contributed by atoms with Crippen molar-refractivity contribution in [2.45, 2.75) is 95.4 Å². The third-order valence-corrected chi connectivity index (χ3v) is 9.22. The maximum Gasteiger partial charge on any atom is 0.312 e. The molecule has 0 spiro atoms. The van der Waals surface area contributed by atoms with Gasteiger partial charge in [-0.05, 0) is 66.7 Å². The summed E-state index contributed by atoms with van der Waals surface area (Å²) < 4.78 is 34.2. The number of alkyl halides is 2. The zero-order valence-electron chi connectivity index (χ0n) is 21.0. The number of methoxy groups -OCH3 is 1. The molecule has 1 aromatic rings. The van der Waals surface area contributed by atoms with Gasteiger partial charge in [0.2, 0.25) is 5.91 Å². The molecule has 5 aliphatic rings. The van der Waals surface area contributed by atoms with Crippen molar-refractivity contribution in [1.82, 2.24) is 4.90 Å². The normalized spacial score (nSPS) is 33.3. The molecule has 0 N–H and O–H groups in total. The molecule has 0 unspecified atom stereocenters. The summed E-state index contributed by atoms with van der Waals surface area (Å²) in [5.41, 5.74) is 0.966. The monoisotopic (exact) mass is 505 g/mol. The van der Waals surface area contributed by atoms with Crippen LogP contribution in [0.2, 0.25) is 5.02 Å². The fourth-order valence-corrected chi connectivity index (χ4v) is 7.12. The second kappa shape index (κ2) is 7.77. The number of ether oxygens (including phenoxy) is 1. The van der Waals surface area contributed by atoms with Crippen LogP contribution in [0.3, 0.4) is 0 Å². The molecule has 1 aliphatic heterocycles. The van der Waals surface area contributed by atoms with Gasteiger partial charge in [0.25, 0.3) is 5.92 Å². The Hall–Kier alpha value is -1.95. The molecule has 6 rings (SSSR count). The van der Waals surface area contributed by atoms with E-state index in [0.29, 0.717) is 29.9 Å². The van der Waals surface area contributed by atoms with Crippen LogP contribution in [0.4, 0.5) is 8.78 Å². The van der Waals surface area contributed by atoms with Crippen molar-refractivity contribution < 1.29 is 23.1 Å². The lowest BCUT2D eigenvalue weighted by Crippen LogP contribution is -2.77. The van der Waals surface area contributed by atoms with Gasteiger partial charge in [0.1, 0.15) is 0 Å². The van der Waals surface area contributed by atoms with Crippen LogP contribution in [0.5, 0.6) is 0 Å². The standard InChI is InChI=1S/C28H34ClF2NO3/c1-24(2,3)8-7-18-5-6-19(11-21(18)29)27-9-10-28(30,31)12-20(27)14-32(22(33)13-27)26-15-25(16-26,17-26)23(34)35-4/h5-6,11,14H,7-10,12-13,15-17H2,1-4H3/t25?,26?,27-/m0/s1. The summed E-state index contributed by atoms with van der Waals surface area (Å²) in [5, 5.41) is 0.632. The van der Waals surface area contributed by atoms with Gasteiger partial charge in [-0.1, -0.05) is 44.5 Å². The average Bonchev–Trinajstić information content (AvgIpc) is 2.70. The van der Waals surface area contributed by atoms with Gasteiger partial charge < -0.3 is 9.64 Å². The Bertz CT molecular complexity index is 1100. The van der Waals surface area contributed by atoms with Crippen molar-refractivity contribution in [3.63, 3.8) is 0 Å². The Morgan fingerprint density at radius 3 is 2.43 bits per heavy atom. The summed E-state index contributed by atoms with van der Waals surface area (Å²) in [6, 6.07) is 5.88. The van der Waals surface area contributed by atoms with Crippen LogP contribution in [0, 0.1) is 10.8 Å². The van der Waals surface area contributed by atoms with Crippen LogP contribution in [0.15, 0.2) is 30.0 Å². The number of halogens is 3. The summed E-state index contributed by atoms with van der Waals surface area (Å²) >= 11 is 6.69. The first kappa shape index (κ1) is 24.7. The molecule has 0 radical (unpaired) electrons. The fraction of sp³-hybridized carbons (Fsp3) is 0.643. The molecule has 4 aliphatic carbocycles. The van der Waals surface area contributed by atoms with E-state index >= 15 is 0 Å². The van der Waals surface area contributed by atoms with E-state index in [1.165, 1.54) is 7.11 Å². The van der Waals surface area contributed by atoms with E-state index in [2.05, 4.69) is 20.8 Å². The highest BCUT2D eigenvalue weighted by atomic mass is 35.5. The number of allylic oxidation sites excluding steroid dienone is 1. The van der Waals surface area contributed by atoms with E-state index < -0.39 is 22.3 Å². The van der Waals surface area contributed by atoms with E-state index in [9.17, 15) is 18.4 Å². The molecule has 7 heteroatoms. The van der Waals surface area contributed by atoms with Gasteiger partial charge in [-0.15, -0.1) is 0 Å². The SMILES string of the molecule is COC(=O)C12CC(N3C=C4CC(F)(F)CC[C@@]4(c4ccc(CCC(C)(C)C)c(Cl)c4)CC3=O)(C1)C2. The molecular weight excluding hydrogens is 472 g/mol. The highest BCUT2D eigenvalue weighted by Crippen LogP contribution is 2.71. The third-order valence-electron chi connectivity index (χ3n) is 8.87. The van der Waals surface area contributed by atoms with E-state index in [0.717, 1.165) is 24.0 Å². The number of carbonyl (C=O) groups is 2. The van der Waals surface area contributed by atoms with Crippen molar-refractivity contribution in [3.8, 4) is 0 Å². The molecule has 0 aromatic heterocycles. The zero-order valence-corrected chi connectivity index (χ0v) is 21.7. The first-order chi connectivity index (χ1) is 16.2. The number of aryl methyl sites for hydroxylation is 1. The lowest BCUT2D eigenvalue weighted by atomic mass is 9.38. The number of amides is 1. The summed E-state index contributed by atoms with van der Waals surface area (Å²) in [7, 11) is 1.38. The number of nitrogens with zero attached hydrogens (tertiary/aromatic N) is 1. The molecule has 1 amide bonds. The minimum atomic E-state index is -2.80. The van der Waals surface area contributed by atoms with Crippen molar-refractivity contribution in [1.29, 1.82) is 0 Å². The Morgan fingerprint density at radius 1 is 1.14 bits per heavy atom. The van der Waals surface area contributed by atoms with Crippen molar-refractivity contribution in [2.75, 3.05) is 7.11 Å². The van der Waals surface area contributed by atoms with Crippen LogP contribution in [0.25, 0.3) is 0 Å². The summed E-state index contributed by atoms with van der Waals surface area (Å²) in [5.74, 6) is -3.11. The van der Waals surface area contributed by atoms with Gasteiger partial charge in [0.05, 0.1) is 18.1 Å². The molecule has 4 fully saturated rings. The summed E-state index contributed by atoms with van der Waals surface area (Å²) in [6.45, 7) is 6.56. The van der Waals surface area contributed by atoms with Crippen LogP contribution in [-0.2, 0) is 26.2 Å². The molecule has 4 nitrogen and oxygen atoms in total. The fourth-order valence-electron chi connectivity index (χ4n) is 6.85. The van der Waals surface area contributed by atoms with E-state index in [1.807, 2.05) is 18.2 Å². The average molecular weight is 506 g/mol. The number of hydrogen-bond donors (Lipinski definition) is 0. The van der Waals surface area contributed by atoms with Gasteiger partial charge in [-0.2, -0.15) is 0 Å². The zero-order chi connectivity index (χ0) is 25.4. The smallest absolute Gasteiger partial charge is 0.312 e. The number of fused-ring (bicyclic) bond motifs is 1. The van der Waals surface area contributed by atoms with Crippen LogP contribution < -0.4 is 0 Å². The first-order valence-corrected chi connectivity index (χ1v) is 12.9. The van der Waals surface area contributed by atoms with Crippen LogP contribution in [-0.4, -0.2) is 35.3 Å².